The first-order chi connectivity index (χ1) is 10.2. The van der Waals surface area contributed by atoms with E-state index in [4.69, 9.17) is 17.3 Å². The predicted molar refractivity (Wildman–Crippen MR) is 88.7 cm³/mol. The molecular weight excluding hydrogens is 286 g/mol. The first-order valence-electron chi connectivity index (χ1n) is 6.48. The van der Waals surface area contributed by atoms with Gasteiger partial charge in [-0.25, -0.2) is 0 Å². The molecule has 0 aliphatic rings. The van der Waals surface area contributed by atoms with E-state index in [1.807, 2.05) is 37.4 Å². The van der Waals surface area contributed by atoms with Gasteiger partial charge in [0.25, 0.3) is 0 Å². The van der Waals surface area contributed by atoms with Crippen LogP contribution in [0.3, 0.4) is 0 Å². The average molecular weight is 304 g/mol. The minimum absolute atomic E-state index is 0.501. The Morgan fingerprint density at radius 3 is 2.57 bits per heavy atom. The summed E-state index contributed by atoms with van der Waals surface area (Å²) in [6, 6.07) is 9.95. The normalized spacial score (nSPS) is 12.3. The molecule has 1 aromatic carbocycles. The van der Waals surface area contributed by atoms with Crippen LogP contribution in [-0.4, -0.2) is 24.3 Å². The third kappa shape index (κ3) is 3.58. The van der Waals surface area contributed by atoms with E-state index in [0.717, 1.165) is 28.2 Å². The summed E-state index contributed by atoms with van der Waals surface area (Å²) in [4.78, 5) is 0. The van der Waals surface area contributed by atoms with Gasteiger partial charge in [0.1, 0.15) is 5.16 Å². The summed E-state index contributed by atoms with van der Waals surface area (Å²) >= 11 is 5.96. The zero-order chi connectivity index (χ0) is 15.2. The lowest BCUT2D eigenvalue weighted by molar-refractivity contribution is 1.06. The summed E-state index contributed by atoms with van der Waals surface area (Å²) in [7, 11) is 3.63. The van der Waals surface area contributed by atoms with Gasteiger partial charge >= 0.3 is 0 Å². The minimum atomic E-state index is 0.501. The summed E-state index contributed by atoms with van der Waals surface area (Å²) < 4.78 is 0. The Balaban J connectivity index is 2.28. The van der Waals surface area contributed by atoms with E-state index in [9.17, 15) is 0 Å². The Kier molecular flexibility index (Phi) is 4.90. The standard InChI is InChI=1S/C15H18ClN5/c1-18-12-5-3-10(4-6-12)13-8-14(21-20-13)11(9-17)7-15(16)19-2/h3-9,18-19H,17H2,1-2H3,(H,20,21)/b11-9+,15-7-. The van der Waals surface area contributed by atoms with Gasteiger partial charge < -0.3 is 16.4 Å². The highest BCUT2D eigenvalue weighted by Crippen LogP contribution is 2.23. The van der Waals surface area contributed by atoms with Crippen molar-refractivity contribution in [3.63, 3.8) is 0 Å². The summed E-state index contributed by atoms with van der Waals surface area (Å²) in [5.41, 5.74) is 10.1. The second-order valence-corrected chi connectivity index (χ2v) is 4.77. The highest BCUT2D eigenvalue weighted by atomic mass is 35.5. The predicted octanol–water partition coefficient (Wildman–Crippen LogP) is 2.72. The molecule has 0 atom stereocenters. The van der Waals surface area contributed by atoms with Crippen molar-refractivity contribution >= 4 is 22.9 Å². The van der Waals surface area contributed by atoms with Crippen LogP contribution in [0.15, 0.2) is 47.8 Å². The third-order valence-corrected chi connectivity index (χ3v) is 3.36. The van der Waals surface area contributed by atoms with Crippen LogP contribution in [0.4, 0.5) is 5.69 Å². The number of aromatic amines is 1. The highest BCUT2D eigenvalue weighted by molar-refractivity contribution is 6.29. The Morgan fingerprint density at radius 1 is 1.29 bits per heavy atom. The molecule has 0 unspecified atom stereocenters. The quantitative estimate of drug-likeness (QED) is 0.506. The number of anilines is 1. The first-order valence-corrected chi connectivity index (χ1v) is 6.86. The molecular formula is C15H18ClN5. The average Bonchev–Trinajstić information content (AvgIpc) is 3.02. The van der Waals surface area contributed by atoms with Gasteiger partial charge in [0.15, 0.2) is 0 Å². The number of aromatic nitrogens is 2. The van der Waals surface area contributed by atoms with Gasteiger partial charge in [-0.1, -0.05) is 23.7 Å². The van der Waals surface area contributed by atoms with Crippen LogP contribution >= 0.6 is 11.6 Å². The number of hydrogen-bond donors (Lipinski definition) is 4. The number of nitrogens with two attached hydrogens (primary N) is 1. The smallest absolute Gasteiger partial charge is 0.102 e. The molecule has 2 rings (SSSR count). The van der Waals surface area contributed by atoms with Crippen molar-refractivity contribution in [2.75, 3.05) is 19.4 Å². The molecule has 0 amide bonds. The molecule has 0 aliphatic heterocycles. The van der Waals surface area contributed by atoms with Gasteiger partial charge in [-0.15, -0.1) is 0 Å². The van der Waals surface area contributed by atoms with Crippen molar-refractivity contribution in [3.8, 4) is 11.3 Å². The molecule has 0 aliphatic carbocycles. The molecule has 1 aromatic heterocycles. The third-order valence-electron chi connectivity index (χ3n) is 3.06. The molecule has 0 saturated heterocycles. The zero-order valence-corrected chi connectivity index (χ0v) is 12.7. The lowest BCUT2D eigenvalue weighted by Crippen LogP contribution is -2.00. The fraction of sp³-hybridized carbons (Fsp3) is 0.133. The van der Waals surface area contributed by atoms with E-state index in [2.05, 4.69) is 20.8 Å². The van der Waals surface area contributed by atoms with E-state index in [0.29, 0.717) is 5.16 Å². The second-order valence-electron chi connectivity index (χ2n) is 4.36. The maximum atomic E-state index is 5.96. The summed E-state index contributed by atoms with van der Waals surface area (Å²) in [5, 5.41) is 13.7. The number of allylic oxidation sites excluding steroid dienone is 2. The highest BCUT2D eigenvalue weighted by Gasteiger charge is 2.07. The molecule has 21 heavy (non-hydrogen) atoms. The Morgan fingerprint density at radius 2 is 2.00 bits per heavy atom. The van der Waals surface area contributed by atoms with Gasteiger partial charge in [-0.2, -0.15) is 5.10 Å². The monoisotopic (exact) mass is 303 g/mol. The summed E-state index contributed by atoms with van der Waals surface area (Å²) in [6.07, 6.45) is 3.23. The van der Waals surface area contributed by atoms with Crippen LogP contribution in [0.2, 0.25) is 0 Å². The van der Waals surface area contributed by atoms with E-state index in [-0.39, 0.29) is 0 Å². The van der Waals surface area contributed by atoms with E-state index in [1.165, 1.54) is 6.20 Å². The number of benzene rings is 1. The van der Waals surface area contributed by atoms with Gasteiger partial charge in [-0.3, -0.25) is 5.10 Å². The maximum absolute atomic E-state index is 5.96. The van der Waals surface area contributed by atoms with E-state index in [1.54, 1.807) is 13.1 Å². The van der Waals surface area contributed by atoms with Crippen molar-refractivity contribution in [1.82, 2.24) is 15.5 Å². The fourth-order valence-electron chi connectivity index (χ4n) is 1.85. The number of nitrogens with one attached hydrogen (secondary N) is 3. The molecule has 0 bridgehead atoms. The SMILES string of the molecule is CN/C(Cl)=C\C(=C/N)c1cc(-c2ccc(NC)cc2)n[nH]1. The largest absolute Gasteiger partial charge is 0.404 e. The van der Waals surface area contributed by atoms with Crippen molar-refractivity contribution in [2.24, 2.45) is 5.73 Å². The lowest BCUT2D eigenvalue weighted by Gasteiger charge is -2.01. The van der Waals surface area contributed by atoms with Crippen LogP contribution in [0, 0.1) is 0 Å². The molecule has 5 nitrogen and oxygen atoms in total. The van der Waals surface area contributed by atoms with Crippen molar-refractivity contribution in [1.29, 1.82) is 0 Å². The number of halogens is 1. The topological polar surface area (TPSA) is 78.8 Å². The summed E-state index contributed by atoms with van der Waals surface area (Å²) in [6.45, 7) is 0. The maximum Gasteiger partial charge on any atom is 0.102 e. The van der Waals surface area contributed by atoms with E-state index < -0.39 is 0 Å². The van der Waals surface area contributed by atoms with Crippen molar-refractivity contribution in [3.05, 3.63) is 53.5 Å². The molecule has 0 fully saturated rings. The number of rotatable bonds is 5. The Bertz CT molecular complexity index is 655. The van der Waals surface area contributed by atoms with Crippen LogP contribution < -0.4 is 16.4 Å². The van der Waals surface area contributed by atoms with E-state index >= 15 is 0 Å². The fourth-order valence-corrected chi connectivity index (χ4v) is 1.97. The van der Waals surface area contributed by atoms with Crippen molar-refractivity contribution < 1.29 is 0 Å². The van der Waals surface area contributed by atoms with Gasteiger partial charge in [0, 0.05) is 37.1 Å². The molecule has 0 saturated carbocycles. The van der Waals surface area contributed by atoms with Gasteiger partial charge in [0.2, 0.25) is 0 Å². The zero-order valence-electron chi connectivity index (χ0n) is 11.9. The molecule has 0 spiro atoms. The van der Waals surface area contributed by atoms with Gasteiger partial charge in [0.05, 0.1) is 11.4 Å². The Labute approximate surface area is 128 Å². The van der Waals surface area contributed by atoms with Crippen LogP contribution in [0.5, 0.6) is 0 Å². The second kappa shape index (κ2) is 6.85. The molecule has 0 radical (unpaired) electrons. The van der Waals surface area contributed by atoms with Crippen LogP contribution in [0.1, 0.15) is 5.69 Å². The summed E-state index contributed by atoms with van der Waals surface area (Å²) in [5.74, 6) is 0. The molecule has 6 heteroatoms. The lowest BCUT2D eigenvalue weighted by atomic mass is 10.1. The number of H-pyrrole nitrogens is 1. The number of hydrogen-bond acceptors (Lipinski definition) is 4. The van der Waals surface area contributed by atoms with Crippen molar-refractivity contribution in [2.45, 2.75) is 0 Å². The van der Waals surface area contributed by atoms with Crippen LogP contribution in [-0.2, 0) is 0 Å². The molecule has 1 heterocycles. The molecule has 5 N–H and O–H groups in total. The molecule has 110 valence electrons. The minimum Gasteiger partial charge on any atom is -0.404 e. The Hall–Kier alpha value is -2.40. The van der Waals surface area contributed by atoms with Gasteiger partial charge in [-0.05, 0) is 24.3 Å². The number of nitrogens with zero attached hydrogens (tertiary/aromatic N) is 1. The first kappa shape index (κ1) is 15.0. The van der Waals surface area contributed by atoms with Crippen LogP contribution in [0.25, 0.3) is 16.8 Å². The molecule has 2 aromatic rings.